The molecule has 1 aromatic carbocycles. The van der Waals surface area contributed by atoms with Crippen LogP contribution in [-0.2, 0) is 13.0 Å². The number of aryl methyl sites for hydroxylation is 1. The predicted octanol–water partition coefficient (Wildman–Crippen LogP) is 3.73. The molecule has 7 nitrogen and oxygen atoms in total. The van der Waals surface area contributed by atoms with Gasteiger partial charge in [0, 0.05) is 42.9 Å². The van der Waals surface area contributed by atoms with E-state index < -0.39 is 0 Å². The number of nitrogens with zero attached hydrogens (tertiary/aromatic N) is 3. The second-order valence-electron chi connectivity index (χ2n) is 7.47. The number of nitrogens with one attached hydrogen (secondary N) is 1. The highest BCUT2D eigenvalue weighted by Crippen LogP contribution is 2.27. The van der Waals surface area contributed by atoms with Crippen molar-refractivity contribution < 1.29 is 9.15 Å². The highest BCUT2D eigenvalue weighted by atomic mass is 16.5. The van der Waals surface area contributed by atoms with Gasteiger partial charge in [-0.05, 0) is 44.2 Å². The Morgan fingerprint density at radius 2 is 2.10 bits per heavy atom. The summed E-state index contributed by atoms with van der Waals surface area (Å²) in [4.78, 5) is 11.1. The number of hydrogen-bond acceptors (Lipinski definition) is 7. The molecule has 0 bridgehead atoms. The Hall–Kier alpha value is -3.35. The molecule has 0 saturated heterocycles. The summed E-state index contributed by atoms with van der Waals surface area (Å²) < 4.78 is 11.4. The van der Waals surface area contributed by atoms with E-state index in [4.69, 9.17) is 20.3 Å². The molecule has 0 aliphatic carbocycles. The van der Waals surface area contributed by atoms with Crippen LogP contribution in [0.3, 0.4) is 0 Å². The topological polar surface area (TPSA) is 101 Å². The molecule has 2 aromatic heterocycles. The van der Waals surface area contributed by atoms with Crippen LogP contribution in [0.4, 0.5) is 11.5 Å². The molecule has 3 N–H and O–H groups in total. The largest absolute Gasteiger partial charge is 0.491 e. The van der Waals surface area contributed by atoms with Gasteiger partial charge in [-0.15, -0.1) is 0 Å². The smallest absolute Gasteiger partial charge is 0.191 e. The van der Waals surface area contributed by atoms with Gasteiger partial charge in [-0.3, -0.25) is 5.41 Å². The van der Waals surface area contributed by atoms with E-state index in [0.717, 1.165) is 35.8 Å². The number of pyridine rings is 1. The molecule has 0 spiro atoms. The second kappa shape index (κ2) is 7.58. The molecule has 0 atom stereocenters. The van der Waals surface area contributed by atoms with Gasteiger partial charge in [0.15, 0.2) is 5.89 Å². The average molecular weight is 391 g/mol. The molecule has 4 rings (SSSR count). The molecular weight excluding hydrogens is 366 g/mol. The number of oxazole rings is 1. The number of rotatable bonds is 5. The highest BCUT2D eigenvalue weighted by Gasteiger charge is 2.23. The highest BCUT2D eigenvalue weighted by molar-refractivity contribution is 6.14. The number of nitrogen functional groups attached to an aromatic ring is 1. The van der Waals surface area contributed by atoms with Gasteiger partial charge >= 0.3 is 0 Å². The Bertz CT molecular complexity index is 1060. The zero-order valence-corrected chi connectivity index (χ0v) is 16.9. The van der Waals surface area contributed by atoms with E-state index in [9.17, 15) is 0 Å². The van der Waals surface area contributed by atoms with E-state index in [-0.39, 0.29) is 6.10 Å². The number of nitrogens with two attached hydrogens (primary N) is 1. The monoisotopic (exact) mass is 391 g/mol. The normalized spacial score (nSPS) is 13.4. The lowest BCUT2D eigenvalue weighted by atomic mass is 10.0. The molecule has 3 aromatic rings. The summed E-state index contributed by atoms with van der Waals surface area (Å²) in [5.74, 6) is 3.16. The zero-order chi connectivity index (χ0) is 20.5. The maximum absolute atomic E-state index is 8.71. The molecule has 7 heteroatoms. The maximum atomic E-state index is 8.71. The van der Waals surface area contributed by atoms with Crippen molar-refractivity contribution in [2.45, 2.75) is 39.8 Å². The van der Waals surface area contributed by atoms with Gasteiger partial charge in [0.25, 0.3) is 0 Å². The van der Waals surface area contributed by atoms with Crippen LogP contribution in [0, 0.1) is 12.3 Å². The Labute approximate surface area is 170 Å². The summed E-state index contributed by atoms with van der Waals surface area (Å²) in [5, 5.41) is 8.71. The van der Waals surface area contributed by atoms with Crippen molar-refractivity contribution in [3.8, 4) is 5.75 Å². The molecular formula is C22H25N5O2. The standard InChI is InChI=1S/C22H25N5O2/c1-13(2)28-16-4-5-18(23)17(11-16)22(24)15-6-8-25-21(10-15)27-9-7-20-19(12-27)26-14(3)29-20/h4-6,8,10-11,13,24H,7,9,12,23H2,1-3H3. The third kappa shape index (κ3) is 3.94. The number of aromatic nitrogens is 2. The number of hydrogen-bond donors (Lipinski definition) is 2. The predicted molar refractivity (Wildman–Crippen MR) is 113 cm³/mol. The fourth-order valence-corrected chi connectivity index (χ4v) is 3.52. The minimum atomic E-state index is 0.0531. The summed E-state index contributed by atoms with van der Waals surface area (Å²) in [7, 11) is 0. The molecule has 0 unspecified atom stereocenters. The van der Waals surface area contributed by atoms with Gasteiger partial charge in [0.05, 0.1) is 18.4 Å². The maximum Gasteiger partial charge on any atom is 0.191 e. The van der Waals surface area contributed by atoms with Crippen molar-refractivity contribution in [1.29, 1.82) is 5.41 Å². The minimum Gasteiger partial charge on any atom is -0.491 e. The van der Waals surface area contributed by atoms with Gasteiger partial charge in [-0.25, -0.2) is 9.97 Å². The van der Waals surface area contributed by atoms with Crippen LogP contribution in [0.1, 0.15) is 42.3 Å². The first kappa shape index (κ1) is 19.0. The molecule has 0 radical (unpaired) electrons. The molecule has 0 amide bonds. The summed E-state index contributed by atoms with van der Waals surface area (Å²) in [5.41, 5.74) is 9.40. The fraction of sp³-hybridized carbons (Fsp3) is 0.318. The van der Waals surface area contributed by atoms with E-state index in [0.29, 0.717) is 35.1 Å². The van der Waals surface area contributed by atoms with Crippen LogP contribution >= 0.6 is 0 Å². The molecule has 150 valence electrons. The van der Waals surface area contributed by atoms with Crippen LogP contribution in [0.15, 0.2) is 40.9 Å². The van der Waals surface area contributed by atoms with Crippen LogP contribution < -0.4 is 15.4 Å². The van der Waals surface area contributed by atoms with Crippen LogP contribution in [0.2, 0.25) is 0 Å². The molecule has 3 heterocycles. The quantitative estimate of drug-likeness (QED) is 0.508. The summed E-state index contributed by atoms with van der Waals surface area (Å²) in [6.45, 7) is 7.25. The van der Waals surface area contributed by atoms with Gasteiger partial charge in [0.2, 0.25) is 0 Å². The van der Waals surface area contributed by atoms with Crippen molar-refractivity contribution >= 4 is 17.2 Å². The van der Waals surface area contributed by atoms with Crippen LogP contribution in [-0.4, -0.2) is 28.3 Å². The second-order valence-corrected chi connectivity index (χ2v) is 7.47. The van der Waals surface area contributed by atoms with Gasteiger partial charge in [0.1, 0.15) is 23.0 Å². The van der Waals surface area contributed by atoms with Gasteiger partial charge in [-0.2, -0.15) is 0 Å². The first-order chi connectivity index (χ1) is 13.9. The van der Waals surface area contributed by atoms with Crippen LogP contribution in [0.25, 0.3) is 0 Å². The van der Waals surface area contributed by atoms with Crippen molar-refractivity contribution in [3.63, 3.8) is 0 Å². The minimum absolute atomic E-state index is 0.0531. The first-order valence-corrected chi connectivity index (χ1v) is 9.72. The number of ether oxygens (including phenoxy) is 1. The van der Waals surface area contributed by atoms with E-state index in [1.807, 2.05) is 45.0 Å². The lowest BCUT2D eigenvalue weighted by Crippen LogP contribution is -2.30. The van der Waals surface area contributed by atoms with E-state index in [1.54, 1.807) is 12.3 Å². The zero-order valence-electron chi connectivity index (χ0n) is 16.9. The van der Waals surface area contributed by atoms with Crippen molar-refractivity contribution in [1.82, 2.24) is 9.97 Å². The summed E-state index contributed by atoms with van der Waals surface area (Å²) >= 11 is 0. The molecule has 0 saturated carbocycles. The number of anilines is 2. The van der Waals surface area contributed by atoms with E-state index in [2.05, 4.69) is 14.9 Å². The van der Waals surface area contributed by atoms with Gasteiger partial charge < -0.3 is 19.8 Å². The van der Waals surface area contributed by atoms with E-state index in [1.165, 1.54) is 0 Å². The molecule has 1 aliphatic rings. The third-order valence-electron chi connectivity index (χ3n) is 4.86. The Kier molecular flexibility index (Phi) is 4.96. The van der Waals surface area contributed by atoms with Crippen LogP contribution in [0.5, 0.6) is 5.75 Å². The van der Waals surface area contributed by atoms with Crippen molar-refractivity contribution in [3.05, 3.63) is 65.0 Å². The van der Waals surface area contributed by atoms with E-state index >= 15 is 0 Å². The third-order valence-corrected chi connectivity index (χ3v) is 4.86. The molecule has 29 heavy (non-hydrogen) atoms. The Balaban J connectivity index is 1.60. The molecule has 0 fully saturated rings. The SMILES string of the molecule is Cc1nc2c(o1)CCN(c1cc(C(=N)c3cc(OC(C)C)ccc3N)ccn1)C2. The first-order valence-electron chi connectivity index (χ1n) is 9.72. The lowest BCUT2D eigenvalue weighted by Gasteiger charge is -2.26. The number of benzene rings is 1. The molecule has 1 aliphatic heterocycles. The lowest BCUT2D eigenvalue weighted by molar-refractivity contribution is 0.242. The summed E-state index contributed by atoms with van der Waals surface area (Å²) in [6, 6.07) is 9.19. The summed E-state index contributed by atoms with van der Waals surface area (Å²) in [6.07, 6.45) is 2.58. The number of fused-ring (bicyclic) bond motifs is 1. The Morgan fingerprint density at radius 1 is 1.28 bits per heavy atom. The van der Waals surface area contributed by atoms with Crippen molar-refractivity contribution in [2.75, 3.05) is 17.2 Å². The van der Waals surface area contributed by atoms with Crippen molar-refractivity contribution in [2.24, 2.45) is 0 Å². The van der Waals surface area contributed by atoms with Gasteiger partial charge in [-0.1, -0.05) is 0 Å². The Morgan fingerprint density at radius 3 is 2.90 bits per heavy atom. The average Bonchev–Trinajstić information content (AvgIpc) is 3.08. The fourth-order valence-electron chi connectivity index (χ4n) is 3.52.